The summed E-state index contributed by atoms with van der Waals surface area (Å²) < 4.78 is 16.1. The van der Waals surface area contributed by atoms with Gasteiger partial charge in [0.2, 0.25) is 17.7 Å². The average Bonchev–Trinajstić information content (AvgIpc) is 2.81. The van der Waals surface area contributed by atoms with Crippen molar-refractivity contribution in [2.24, 2.45) is 0 Å². The average molecular weight is 504 g/mol. The molecule has 3 amide bonds. The Morgan fingerprint density at radius 3 is 2.51 bits per heavy atom. The molecule has 0 saturated carbocycles. The minimum atomic E-state index is -1.46. The van der Waals surface area contributed by atoms with E-state index in [-0.39, 0.29) is 31.3 Å². The van der Waals surface area contributed by atoms with Crippen LogP contribution in [-0.4, -0.2) is 102 Å². The van der Waals surface area contributed by atoms with Crippen LogP contribution >= 0.6 is 0 Å². The van der Waals surface area contributed by atoms with Gasteiger partial charge in [-0.15, -0.1) is 0 Å². The van der Waals surface area contributed by atoms with Gasteiger partial charge in [-0.25, -0.2) is 0 Å². The van der Waals surface area contributed by atoms with Crippen molar-refractivity contribution < 1.29 is 48.7 Å². The zero-order valence-corrected chi connectivity index (χ0v) is 20.1. The lowest BCUT2D eigenvalue weighted by atomic mass is 9.99. The fraction of sp³-hybridized carbons (Fsp3) is 0.818. The van der Waals surface area contributed by atoms with E-state index in [1.807, 2.05) is 0 Å². The first-order valence-electron chi connectivity index (χ1n) is 11.9. The first-order valence-corrected chi connectivity index (χ1v) is 11.9. The molecule has 2 aliphatic heterocycles. The molecule has 0 unspecified atom stereocenters. The number of hydrogen-bond donors (Lipinski definition) is 6. The molecule has 0 radical (unpaired) electrons. The molecule has 2 saturated heterocycles. The molecule has 0 aliphatic carbocycles. The number of aliphatic hydroxyl groups excluding tert-OH is 3. The van der Waals surface area contributed by atoms with Crippen LogP contribution in [0.5, 0.6) is 0 Å². The Balaban J connectivity index is 1.65. The van der Waals surface area contributed by atoms with Gasteiger partial charge < -0.3 is 45.5 Å². The van der Waals surface area contributed by atoms with Crippen molar-refractivity contribution in [1.29, 1.82) is 0 Å². The normalized spacial score (nSPS) is 31.5. The fourth-order valence-electron chi connectivity index (χ4n) is 3.84. The largest absolute Gasteiger partial charge is 0.454 e. The van der Waals surface area contributed by atoms with Gasteiger partial charge in [-0.2, -0.15) is 0 Å². The van der Waals surface area contributed by atoms with Crippen LogP contribution in [0, 0.1) is 0 Å². The highest BCUT2D eigenvalue weighted by Crippen LogP contribution is 2.25. The van der Waals surface area contributed by atoms with Gasteiger partial charge in [0.1, 0.15) is 30.4 Å². The monoisotopic (exact) mass is 503 g/mol. The van der Waals surface area contributed by atoms with Crippen molar-refractivity contribution in [2.75, 3.05) is 19.8 Å². The van der Waals surface area contributed by atoms with Crippen LogP contribution in [0.4, 0.5) is 0 Å². The first-order chi connectivity index (χ1) is 16.6. The lowest BCUT2D eigenvalue weighted by Gasteiger charge is -2.41. The zero-order chi connectivity index (χ0) is 26.0. The summed E-state index contributed by atoms with van der Waals surface area (Å²) in [5.74, 6) is -1.65. The van der Waals surface area contributed by atoms with Gasteiger partial charge in [0.05, 0.1) is 6.61 Å². The molecule has 2 heterocycles. The first kappa shape index (κ1) is 28.9. The Labute approximate surface area is 203 Å². The highest BCUT2D eigenvalue weighted by Gasteiger charge is 2.46. The van der Waals surface area contributed by atoms with Crippen LogP contribution in [0.25, 0.3) is 0 Å². The van der Waals surface area contributed by atoms with Gasteiger partial charge in [0, 0.05) is 26.5 Å². The lowest BCUT2D eigenvalue weighted by molar-refractivity contribution is -0.304. The zero-order valence-electron chi connectivity index (χ0n) is 20.1. The van der Waals surface area contributed by atoms with Crippen LogP contribution in [0.3, 0.4) is 0 Å². The van der Waals surface area contributed by atoms with E-state index in [4.69, 9.17) is 14.2 Å². The van der Waals surface area contributed by atoms with E-state index in [1.54, 1.807) is 6.92 Å². The topological polar surface area (TPSA) is 193 Å². The number of esters is 1. The Morgan fingerprint density at radius 2 is 1.83 bits per heavy atom. The van der Waals surface area contributed by atoms with Gasteiger partial charge in [0.15, 0.2) is 12.4 Å². The van der Waals surface area contributed by atoms with Gasteiger partial charge in [-0.05, 0) is 26.2 Å². The van der Waals surface area contributed by atoms with Gasteiger partial charge in [-0.1, -0.05) is 12.8 Å². The quantitative estimate of drug-likeness (QED) is 0.134. The molecular weight excluding hydrogens is 466 g/mol. The van der Waals surface area contributed by atoms with E-state index >= 15 is 0 Å². The third kappa shape index (κ3) is 9.00. The molecule has 0 bridgehead atoms. The minimum absolute atomic E-state index is 0.154. The third-order valence-corrected chi connectivity index (χ3v) is 5.84. The molecule has 2 fully saturated rings. The second-order valence-corrected chi connectivity index (χ2v) is 8.75. The summed E-state index contributed by atoms with van der Waals surface area (Å²) in [7, 11) is 0. The Bertz CT molecular complexity index is 736. The Hall–Kier alpha value is -2.32. The molecule has 2 rings (SSSR count). The second-order valence-electron chi connectivity index (χ2n) is 8.75. The number of amides is 3. The summed E-state index contributed by atoms with van der Waals surface area (Å²) >= 11 is 0. The van der Waals surface area contributed by atoms with Crippen LogP contribution < -0.4 is 16.0 Å². The summed E-state index contributed by atoms with van der Waals surface area (Å²) in [6, 6.07) is -1.44. The summed E-state index contributed by atoms with van der Waals surface area (Å²) in [5.41, 5.74) is 0. The molecular formula is C22H37N3O10. The van der Waals surface area contributed by atoms with Crippen LogP contribution in [-0.2, 0) is 33.4 Å². The molecule has 0 aromatic rings. The van der Waals surface area contributed by atoms with Crippen LogP contribution in [0.15, 0.2) is 0 Å². The number of aliphatic hydroxyl groups is 3. The van der Waals surface area contributed by atoms with E-state index in [0.29, 0.717) is 19.4 Å². The maximum atomic E-state index is 12.4. The summed E-state index contributed by atoms with van der Waals surface area (Å²) in [6.45, 7) is 2.83. The number of nitrogens with one attached hydrogen (secondary N) is 3. The summed E-state index contributed by atoms with van der Waals surface area (Å²) in [5, 5.41) is 37.4. The fourth-order valence-corrected chi connectivity index (χ4v) is 3.84. The SMILES string of the molecule is CC(=O)O[C@@H]1[C@H](OCCCCCCNC(=O)[C@@H]2CCC(=O)N[C@@H](C)C(=O)N2)O[C@H](CO)[C@@H](O)[C@@H]1O. The molecule has 13 heteroatoms. The maximum Gasteiger partial charge on any atom is 0.303 e. The van der Waals surface area contributed by atoms with Crippen molar-refractivity contribution in [3.8, 4) is 0 Å². The molecule has 0 spiro atoms. The minimum Gasteiger partial charge on any atom is -0.454 e. The highest BCUT2D eigenvalue weighted by molar-refractivity contribution is 5.93. The van der Waals surface area contributed by atoms with Crippen molar-refractivity contribution in [3.63, 3.8) is 0 Å². The van der Waals surface area contributed by atoms with Gasteiger partial charge in [-0.3, -0.25) is 19.2 Å². The number of carbonyl (C=O) groups excluding carboxylic acids is 4. The molecule has 35 heavy (non-hydrogen) atoms. The van der Waals surface area contributed by atoms with E-state index in [9.17, 15) is 34.5 Å². The molecule has 6 N–H and O–H groups in total. The maximum absolute atomic E-state index is 12.4. The number of ether oxygens (including phenoxy) is 3. The van der Waals surface area contributed by atoms with Gasteiger partial charge in [0.25, 0.3) is 0 Å². The Morgan fingerprint density at radius 1 is 1.11 bits per heavy atom. The summed E-state index contributed by atoms with van der Waals surface area (Å²) in [4.78, 5) is 47.3. The van der Waals surface area contributed by atoms with Crippen molar-refractivity contribution >= 4 is 23.7 Å². The van der Waals surface area contributed by atoms with E-state index in [2.05, 4.69) is 16.0 Å². The molecule has 200 valence electrons. The highest BCUT2D eigenvalue weighted by atomic mass is 16.7. The molecule has 0 aromatic heterocycles. The van der Waals surface area contributed by atoms with Crippen LogP contribution in [0.1, 0.15) is 52.4 Å². The smallest absolute Gasteiger partial charge is 0.303 e. The van der Waals surface area contributed by atoms with Crippen molar-refractivity contribution in [3.05, 3.63) is 0 Å². The molecule has 2 aliphatic rings. The van der Waals surface area contributed by atoms with E-state index < -0.39 is 61.3 Å². The van der Waals surface area contributed by atoms with Crippen molar-refractivity contribution in [2.45, 2.75) is 95.2 Å². The number of hydrogen-bond acceptors (Lipinski definition) is 10. The lowest BCUT2D eigenvalue weighted by Crippen LogP contribution is -2.60. The predicted molar refractivity (Wildman–Crippen MR) is 120 cm³/mol. The number of carbonyl (C=O) groups is 4. The predicted octanol–water partition coefficient (Wildman–Crippen LogP) is -2.17. The number of rotatable bonds is 11. The third-order valence-electron chi connectivity index (χ3n) is 5.84. The number of unbranched alkanes of at least 4 members (excludes halogenated alkanes) is 3. The summed E-state index contributed by atoms with van der Waals surface area (Å²) in [6.07, 6.45) is -3.06. The van der Waals surface area contributed by atoms with Crippen molar-refractivity contribution in [1.82, 2.24) is 16.0 Å². The molecule has 0 aromatic carbocycles. The van der Waals surface area contributed by atoms with Crippen LogP contribution in [0.2, 0.25) is 0 Å². The second kappa shape index (κ2) is 14.3. The molecule has 7 atom stereocenters. The Kier molecular flexibility index (Phi) is 11.8. The molecule has 13 nitrogen and oxygen atoms in total. The van der Waals surface area contributed by atoms with Gasteiger partial charge >= 0.3 is 5.97 Å². The van der Waals surface area contributed by atoms with E-state index in [0.717, 1.165) is 19.8 Å². The van der Waals surface area contributed by atoms with E-state index in [1.165, 1.54) is 0 Å². The standard InChI is InChI=1S/C22H37N3O10/c1-12-20(31)25-14(7-8-16(28)24-12)21(32)23-9-5-3-4-6-10-33-22-19(34-13(2)27)18(30)17(29)15(11-26)35-22/h12,14-15,17-19,22,26,29-30H,3-11H2,1-2H3,(H,23,32)(H,24,28)(H,25,31)/t12-,14-,15+,17+,18-,19-,22+/m0/s1.